The zero-order chi connectivity index (χ0) is 16.3. The summed E-state index contributed by atoms with van der Waals surface area (Å²) >= 11 is 12.2. The highest BCUT2D eigenvalue weighted by molar-refractivity contribution is 6.37. The van der Waals surface area contributed by atoms with Crippen LogP contribution in [0.25, 0.3) is 0 Å². The van der Waals surface area contributed by atoms with E-state index in [1.165, 1.54) is 7.11 Å². The zero-order valence-electron chi connectivity index (χ0n) is 12.7. The first-order chi connectivity index (χ1) is 10.4. The third-order valence-corrected chi connectivity index (χ3v) is 4.03. The minimum atomic E-state index is -0.144. The smallest absolute Gasteiger partial charge is 0.254 e. The predicted molar refractivity (Wildman–Crippen MR) is 90.0 cm³/mol. The number of ether oxygens (including phenoxy) is 1. The highest BCUT2D eigenvalue weighted by atomic mass is 35.5. The number of amides is 1. The quantitative estimate of drug-likeness (QED) is 0.816. The van der Waals surface area contributed by atoms with Gasteiger partial charge in [0.25, 0.3) is 5.91 Å². The Kier molecular flexibility index (Phi) is 5.33. The van der Waals surface area contributed by atoms with Gasteiger partial charge in [-0.25, -0.2) is 0 Å². The number of halogens is 2. The van der Waals surface area contributed by atoms with Gasteiger partial charge in [-0.3, -0.25) is 4.79 Å². The second-order valence-corrected chi connectivity index (χ2v) is 5.88. The Bertz CT molecular complexity index is 678. The fourth-order valence-corrected chi connectivity index (χ4v) is 2.85. The first-order valence-electron chi connectivity index (χ1n) is 6.77. The number of carbonyl (C=O) groups is 1. The molecule has 1 amide bonds. The predicted octanol–water partition coefficient (Wildman–Crippen LogP) is 4.58. The van der Waals surface area contributed by atoms with E-state index in [1.807, 2.05) is 31.2 Å². The number of carbonyl (C=O) groups excluding carboxylic acids is 1. The molecule has 0 atom stereocenters. The molecule has 22 heavy (non-hydrogen) atoms. The molecule has 0 aromatic heterocycles. The van der Waals surface area contributed by atoms with E-state index in [1.54, 1.807) is 24.1 Å². The molecule has 0 aliphatic heterocycles. The van der Waals surface area contributed by atoms with Gasteiger partial charge in [0.05, 0.1) is 17.2 Å². The second-order valence-electron chi connectivity index (χ2n) is 5.06. The molecule has 0 aliphatic rings. The maximum atomic E-state index is 12.5. The molecule has 0 saturated carbocycles. The minimum absolute atomic E-state index is 0.144. The fraction of sp³-hybridized carbons (Fsp3) is 0.235. The molecule has 0 spiro atoms. The SMILES string of the molecule is COc1c(Cl)cc(C(=O)N(C)Cc2ccccc2C)cc1Cl. The molecule has 2 rings (SSSR count). The Morgan fingerprint density at radius 1 is 1.18 bits per heavy atom. The van der Waals surface area contributed by atoms with Crippen LogP contribution in [0.3, 0.4) is 0 Å². The van der Waals surface area contributed by atoms with E-state index in [9.17, 15) is 4.79 Å². The van der Waals surface area contributed by atoms with Crippen molar-refractivity contribution in [1.29, 1.82) is 0 Å². The topological polar surface area (TPSA) is 29.5 Å². The summed E-state index contributed by atoms with van der Waals surface area (Å²) < 4.78 is 5.09. The third kappa shape index (κ3) is 3.54. The van der Waals surface area contributed by atoms with Crippen LogP contribution >= 0.6 is 23.2 Å². The monoisotopic (exact) mass is 337 g/mol. The molecular formula is C17H17Cl2NO2. The lowest BCUT2D eigenvalue weighted by Crippen LogP contribution is -2.26. The normalized spacial score (nSPS) is 10.4. The average molecular weight is 338 g/mol. The standard InChI is InChI=1S/C17H17Cl2NO2/c1-11-6-4-5-7-12(11)10-20(2)17(21)13-8-14(18)16(22-3)15(19)9-13/h4-9H,10H2,1-3H3. The van der Waals surface area contributed by atoms with Gasteiger partial charge in [0.1, 0.15) is 0 Å². The van der Waals surface area contributed by atoms with Gasteiger partial charge < -0.3 is 9.64 Å². The van der Waals surface area contributed by atoms with Gasteiger partial charge >= 0.3 is 0 Å². The van der Waals surface area contributed by atoms with Crippen LogP contribution in [0.2, 0.25) is 10.0 Å². The average Bonchev–Trinajstić information content (AvgIpc) is 2.48. The first kappa shape index (κ1) is 16.7. The number of benzene rings is 2. The minimum Gasteiger partial charge on any atom is -0.494 e. The van der Waals surface area contributed by atoms with Crippen LogP contribution in [-0.2, 0) is 6.54 Å². The Morgan fingerprint density at radius 3 is 2.32 bits per heavy atom. The summed E-state index contributed by atoms with van der Waals surface area (Å²) in [7, 11) is 3.24. The number of nitrogens with zero attached hydrogens (tertiary/aromatic N) is 1. The van der Waals surface area contributed by atoms with Crippen molar-refractivity contribution in [3.05, 3.63) is 63.1 Å². The number of hydrogen-bond donors (Lipinski definition) is 0. The van der Waals surface area contributed by atoms with Gasteiger partial charge in [0.2, 0.25) is 0 Å². The van der Waals surface area contributed by atoms with Crippen LogP contribution < -0.4 is 4.74 Å². The van der Waals surface area contributed by atoms with Crippen LogP contribution in [0.5, 0.6) is 5.75 Å². The molecule has 2 aromatic carbocycles. The summed E-state index contributed by atoms with van der Waals surface area (Å²) in [6.07, 6.45) is 0. The molecule has 0 fully saturated rings. The van der Waals surface area contributed by atoms with E-state index in [4.69, 9.17) is 27.9 Å². The van der Waals surface area contributed by atoms with Crippen LogP contribution in [0.1, 0.15) is 21.5 Å². The van der Waals surface area contributed by atoms with Crippen LogP contribution in [0, 0.1) is 6.92 Å². The summed E-state index contributed by atoms with van der Waals surface area (Å²) in [6.45, 7) is 2.54. The highest BCUT2D eigenvalue weighted by Gasteiger charge is 2.17. The van der Waals surface area contributed by atoms with Gasteiger partial charge in [0, 0.05) is 19.2 Å². The highest BCUT2D eigenvalue weighted by Crippen LogP contribution is 2.34. The van der Waals surface area contributed by atoms with Gasteiger partial charge in [-0.05, 0) is 30.2 Å². The van der Waals surface area contributed by atoms with E-state index in [2.05, 4.69) is 0 Å². The van der Waals surface area contributed by atoms with E-state index in [-0.39, 0.29) is 5.91 Å². The van der Waals surface area contributed by atoms with Crippen molar-refractivity contribution in [2.75, 3.05) is 14.2 Å². The number of rotatable bonds is 4. The van der Waals surface area contributed by atoms with Crippen molar-refractivity contribution >= 4 is 29.1 Å². The van der Waals surface area contributed by atoms with Crippen LogP contribution in [0.15, 0.2) is 36.4 Å². The zero-order valence-corrected chi connectivity index (χ0v) is 14.2. The van der Waals surface area contributed by atoms with Crippen LogP contribution in [-0.4, -0.2) is 25.0 Å². The Balaban J connectivity index is 2.23. The molecule has 5 heteroatoms. The maximum Gasteiger partial charge on any atom is 0.254 e. The molecule has 0 N–H and O–H groups in total. The van der Waals surface area contributed by atoms with Crippen molar-refractivity contribution in [3.8, 4) is 5.75 Å². The number of hydrogen-bond acceptors (Lipinski definition) is 2. The first-order valence-corrected chi connectivity index (χ1v) is 7.52. The Hall–Kier alpha value is -1.71. The lowest BCUT2D eigenvalue weighted by Gasteiger charge is -2.19. The molecule has 3 nitrogen and oxygen atoms in total. The Labute approximate surface area is 140 Å². The summed E-state index contributed by atoms with van der Waals surface area (Å²) in [5, 5.41) is 0.644. The van der Waals surface area contributed by atoms with E-state index < -0.39 is 0 Å². The molecule has 2 aromatic rings. The lowest BCUT2D eigenvalue weighted by molar-refractivity contribution is 0.0785. The van der Waals surface area contributed by atoms with Crippen molar-refractivity contribution in [2.24, 2.45) is 0 Å². The van der Waals surface area contributed by atoms with Crippen molar-refractivity contribution < 1.29 is 9.53 Å². The lowest BCUT2D eigenvalue weighted by atomic mass is 10.1. The fourth-order valence-electron chi connectivity index (χ4n) is 2.21. The van der Waals surface area contributed by atoms with Crippen molar-refractivity contribution in [2.45, 2.75) is 13.5 Å². The molecule has 0 unspecified atom stereocenters. The van der Waals surface area contributed by atoms with E-state index >= 15 is 0 Å². The van der Waals surface area contributed by atoms with Gasteiger partial charge in [-0.15, -0.1) is 0 Å². The number of aryl methyl sites for hydroxylation is 1. The van der Waals surface area contributed by atoms with Crippen molar-refractivity contribution in [1.82, 2.24) is 4.90 Å². The largest absolute Gasteiger partial charge is 0.494 e. The van der Waals surface area contributed by atoms with Crippen molar-refractivity contribution in [3.63, 3.8) is 0 Å². The molecular weight excluding hydrogens is 321 g/mol. The summed E-state index contributed by atoms with van der Waals surface area (Å²) in [6, 6.07) is 11.1. The maximum absolute atomic E-state index is 12.5. The molecule has 0 saturated heterocycles. The van der Waals surface area contributed by atoms with Crippen LogP contribution in [0.4, 0.5) is 0 Å². The van der Waals surface area contributed by atoms with Gasteiger partial charge in [-0.1, -0.05) is 47.5 Å². The number of methoxy groups -OCH3 is 1. The van der Waals surface area contributed by atoms with E-state index in [0.717, 1.165) is 11.1 Å². The third-order valence-electron chi connectivity index (χ3n) is 3.46. The second kappa shape index (κ2) is 7.03. The summed E-state index contributed by atoms with van der Waals surface area (Å²) in [5.74, 6) is 0.233. The molecule has 0 heterocycles. The Morgan fingerprint density at radius 2 is 1.77 bits per heavy atom. The van der Waals surface area contributed by atoms with Gasteiger partial charge in [0.15, 0.2) is 5.75 Å². The summed E-state index contributed by atoms with van der Waals surface area (Å²) in [5.41, 5.74) is 2.68. The van der Waals surface area contributed by atoms with Gasteiger partial charge in [-0.2, -0.15) is 0 Å². The molecule has 0 bridgehead atoms. The molecule has 0 aliphatic carbocycles. The van der Waals surface area contributed by atoms with E-state index in [0.29, 0.717) is 27.9 Å². The molecule has 0 radical (unpaired) electrons. The summed E-state index contributed by atoms with van der Waals surface area (Å²) in [4.78, 5) is 14.2. The molecule has 116 valence electrons.